The van der Waals surface area contributed by atoms with Gasteiger partial charge in [0.2, 0.25) is 0 Å². The monoisotopic (exact) mass is 462 g/mol. The quantitative estimate of drug-likeness (QED) is 0.281. The molecule has 172 valence electrons. The van der Waals surface area contributed by atoms with Crippen molar-refractivity contribution in [1.29, 1.82) is 0 Å². The molecule has 0 saturated carbocycles. The van der Waals surface area contributed by atoms with E-state index in [0.29, 0.717) is 0 Å². The first-order valence-electron chi connectivity index (χ1n) is 12.6. The number of nitrogens with zero attached hydrogens (tertiary/aromatic N) is 1. The van der Waals surface area contributed by atoms with Gasteiger partial charge in [-0.15, -0.1) is 0 Å². The summed E-state index contributed by atoms with van der Waals surface area (Å²) in [5, 5.41) is 3.63. The van der Waals surface area contributed by atoms with Gasteiger partial charge in [-0.05, 0) is 71.0 Å². The van der Waals surface area contributed by atoms with Crippen LogP contribution < -0.4 is 10.2 Å². The van der Waals surface area contributed by atoms with Crippen LogP contribution in [0.3, 0.4) is 0 Å². The smallest absolute Gasteiger partial charge is 0.0612 e. The fourth-order valence-electron chi connectivity index (χ4n) is 5.41. The third kappa shape index (κ3) is 3.50. The molecule has 0 unspecified atom stereocenters. The van der Waals surface area contributed by atoms with Gasteiger partial charge in [-0.1, -0.05) is 97.1 Å². The lowest BCUT2D eigenvalue weighted by molar-refractivity contribution is 0.997. The maximum Gasteiger partial charge on any atom is 0.0612 e. The van der Waals surface area contributed by atoms with Crippen LogP contribution in [-0.2, 0) is 0 Å². The van der Waals surface area contributed by atoms with Crippen LogP contribution in [0.1, 0.15) is 35.1 Å². The predicted octanol–water partition coefficient (Wildman–Crippen LogP) is 9.44. The van der Waals surface area contributed by atoms with Gasteiger partial charge in [0, 0.05) is 22.6 Å². The Kier molecular flexibility index (Phi) is 4.96. The van der Waals surface area contributed by atoms with Crippen molar-refractivity contribution >= 4 is 47.1 Å². The Morgan fingerprint density at radius 3 is 2.25 bits per heavy atom. The average molecular weight is 463 g/mol. The van der Waals surface area contributed by atoms with Crippen LogP contribution in [0.4, 0.5) is 22.7 Å². The molecule has 0 saturated heterocycles. The first-order valence-corrected chi connectivity index (χ1v) is 12.6. The van der Waals surface area contributed by atoms with Crippen LogP contribution in [0.25, 0.3) is 35.4 Å². The molecule has 0 atom stereocenters. The molecule has 4 aromatic carbocycles. The van der Waals surface area contributed by atoms with Gasteiger partial charge in [0.25, 0.3) is 0 Å². The topological polar surface area (TPSA) is 15.3 Å². The summed E-state index contributed by atoms with van der Waals surface area (Å²) in [5.74, 6) is 0. The van der Waals surface area contributed by atoms with E-state index >= 15 is 0 Å². The number of fused-ring (bicyclic) bond motifs is 4. The molecule has 2 heterocycles. The van der Waals surface area contributed by atoms with Gasteiger partial charge in [-0.3, -0.25) is 0 Å². The van der Waals surface area contributed by atoms with Crippen LogP contribution in [0.2, 0.25) is 0 Å². The predicted molar refractivity (Wildman–Crippen MR) is 154 cm³/mol. The molecule has 2 heteroatoms. The van der Waals surface area contributed by atoms with Crippen LogP contribution >= 0.6 is 0 Å². The van der Waals surface area contributed by atoms with E-state index < -0.39 is 0 Å². The maximum absolute atomic E-state index is 3.63. The van der Waals surface area contributed by atoms with E-state index in [0.717, 1.165) is 24.2 Å². The summed E-state index contributed by atoms with van der Waals surface area (Å²) >= 11 is 0. The zero-order valence-corrected chi connectivity index (χ0v) is 20.0. The summed E-state index contributed by atoms with van der Waals surface area (Å²) in [5.41, 5.74) is 13.2. The van der Waals surface area contributed by atoms with Gasteiger partial charge >= 0.3 is 0 Å². The van der Waals surface area contributed by atoms with Crippen LogP contribution in [0.15, 0.2) is 109 Å². The molecule has 1 N–H and O–H groups in total. The van der Waals surface area contributed by atoms with Crippen molar-refractivity contribution < 1.29 is 0 Å². The van der Waals surface area contributed by atoms with Crippen LogP contribution in [-0.4, -0.2) is 0 Å². The Balaban J connectivity index is 1.42. The highest BCUT2D eigenvalue weighted by Crippen LogP contribution is 2.46. The lowest BCUT2D eigenvalue weighted by Crippen LogP contribution is -2.18. The molecule has 0 aromatic heterocycles. The second-order valence-electron chi connectivity index (χ2n) is 9.43. The van der Waals surface area contributed by atoms with Gasteiger partial charge in [-0.2, -0.15) is 0 Å². The van der Waals surface area contributed by atoms with E-state index in [1.807, 2.05) is 0 Å². The van der Waals surface area contributed by atoms with Crippen molar-refractivity contribution in [3.8, 4) is 11.1 Å². The first-order chi connectivity index (χ1) is 17.8. The van der Waals surface area contributed by atoms with Crippen molar-refractivity contribution in [3.05, 3.63) is 131 Å². The Bertz CT molecular complexity index is 1620. The zero-order chi connectivity index (χ0) is 23.9. The highest BCUT2D eigenvalue weighted by Gasteiger charge is 2.24. The molecule has 7 rings (SSSR count). The summed E-state index contributed by atoms with van der Waals surface area (Å²) in [6.07, 6.45) is 18.0. The van der Waals surface area contributed by atoms with Crippen molar-refractivity contribution in [2.24, 2.45) is 0 Å². The highest BCUT2D eigenvalue weighted by atomic mass is 15.2. The van der Waals surface area contributed by atoms with E-state index in [4.69, 9.17) is 0 Å². The van der Waals surface area contributed by atoms with Crippen molar-refractivity contribution in [3.63, 3.8) is 0 Å². The number of para-hydroxylation sites is 3. The van der Waals surface area contributed by atoms with Gasteiger partial charge in [0.05, 0.1) is 11.4 Å². The number of benzene rings is 4. The number of nitrogens with one attached hydrogen (secondary N) is 1. The lowest BCUT2D eigenvalue weighted by Gasteiger charge is -2.31. The third-order valence-electron chi connectivity index (χ3n) is 7.18. The van der Waals surface area contributed by atoms with E-state index in [9.17, 15) is 0 Å². The minimum atomic E-state index is 1.06. The number of hydrogen-bond donors (Lipinski definition) is 1. The summed E-state index contributed by atoms with van der Waals surface area (Å²) < 4.78 is 0. The Morgan fingerprint density at radius 2 is 1.33 bits per heavy atom. The molecule has 0 amide bonds. The molecule has 3 aliphatic rings. The fraction of sp³-hybridized carbons (Fsp3) is 0.0588. The number of hydrogen-bond acceptors (Lipinski definition) is 2. The van der Waals surface area contributed by atoms with Crippen LogP contribution in [0.5, 0.6) is 0 Å². The Labute approximate surface area is 212 Å². The first kappa shape index (κ1) is 20.8. The molecular weight excluding hydrogens is 436 g/mol. The SMILES string of the molecule is C1=CC(N2c3ccccc3C=Cc3cccc(-c4ccc5c(c4)C=Cc4ccccc4N5)c32)=CCC1. The average Bonchev–Trinajstić information content (AvgIpc) is 3.23. The van der Waals surface area contributed by atoms with Gasteiger partial charge in [0.1, 0.15) is 0 Å². The Morgan fingerprint density at radius 1 is 0.583 bits per heavy atom. The summed E-state index contributed by atoms with van der Waals surface area (Å²) in [6, 6.07) is 30.5. The molecule has 0 radical (unpaired) electrons. The van der Waals surface area contributed by atoms with E-state index in [1.54, 1.807) is 0 Å². The molecule has 4 aromatic rings. The van der Waals surface area contributed by atoms with Gasteiger partial charge in [0.15, 0.2) is 0 Å². The van der Waals surface area contributed by atoms with Crippen molar-refractivity contribution in [1.82, 2.24) is 0 Å². The minimum Gasteiger partial charge on any atom is -0.355 e. The molecule has 1 aliphatic carbocycles. The normalized spacial score (nSPS) is 15.0. The number of rotatable bonds is 2. The van der Waals surface area contributed by atoms with Crippen LogP contribution in [0, 0.1) is 0 Å². The van der Waals surface area contributed by atoms with E-state index in [-0.39, 0.29) is 0 Å². The maximum atomic E-state index is 3.63. The lowest BCUT2D eigenvalue weighted by atomic mass is 9.96. The molecule has 0 bridgehead atoms. The summed E-state index contributed by atoms with van der Waals surface area (Å²) in [7, 11) is 0. The standard InChI is InChI=1S/C34H26N2/c1-2-12-29(13-3-1)36-33-16-7-5-10-25(33)18-19-26-11-8-14-30(34(26)36)27-21-22-32-28(23-27)20-17-24-9-4-6-15-31(24)35-32/h2,4-23,35H,1,3H2. The second kappa shape index (κ2) is 8.58. The molecule has 0 spiro atoms. The molecule has 0 fully saturated rings. The molecule has 2 aliphatic heterocycles. The van der Waals surface area contributed by atoms with Gasteiger partial charge < -0.3 is 10.2 Å². The van der Waals surface area contributed by atoms with E-state index in [1.165, 1.54) is 50.5 Å². The Hall–Kier alpha value is -4.56. The molecule has 2 nitrogen and oxygen atoms in total. The molecule has 36 heavy (non-hydrogen) atoms. The minimum absolute atomic E-state index is 1.06. The van der Waals surface area contributed by atoms with Crippen molar-refractivity contribution in [2.45, 2.75) is 12.8 Å². The summed E-state index contributed by atoms with van der Waals surface area (Å²) in [4.78, 5) is 2.45. The van der Waals surface area contributed by atoms with E-state index in [2.05, 4.69) is 138 Å². The molecular formula is C34H26N2. The van der Waals surface area contributed by atoms with Gasteiger partial charge in [-0.25, -0.2) is 0 Å². The highest BCUT2D eigenvalue weighted by molar-refractivity contribution is 5.98. The number of allylic oxidation sites excluding steroid dienone is 3. The second-order valence-corrected chi connectivity index (χ2v) is 9.43. The largest absolute Gasteiger partial charge is 0.355 e. The summed E-state index contributed by atoms with van der Waals surface area (Å²) in [6.45, 7) is 0. The third-order valence-corrected chi connectivity index (χ3v) is 7.18. The fourth-order valence-corrected chi connectivity index (χ4v) is 5.41. The zero-order valence-electron chi connectivity index (χ0n) is 20.0. The van der Waals surface area contributed by atoms with Crippen molar-refractivity contribution in [2.75, 3.05) is 10.2 Å². The number of anilines is 4.